The number of hydrogen-bond donors (Lipinski definition) is 2. The molecule has 3 nitrogen and oxygen atoms in total. The average Bonchev–Trinajstić information content (AvgIpc) is 2.64. The van der Waals surface area contributed by atoms with Gasteiger partial charge >= 0.3 is 0 Å². The predicted molar refractivity (Wildman–Crippen MR) is 54.9 cm³/mol. The molecule has 1 heterocycles. The average molecular weight is 199 g/mol. The molecule has 2 fully saturated rings. The molecule has 2 atom stereocenters. The van der Waals surface area contributed by atoms with E-state index in [4.69, 9.17) is 10.5 Å². The zero-order valence-corrected chi connectivity index (χ0v) is 8.91. The van der Waals surface area contributed by atoms with Crippen LogP contribution in [-0.2, 0) is 4.74 Å². The standard InChI is InChI=1S/C11H21NO2/c1-8-5-11(6-8,7-12)10(13)9-3-2-4-14-9/h8-10,13H,2-7,12H2,1H3. The topological polar surface area (TPSA) is 55.5 Å². The van der Waals surface area contributed by atoms with E-state index in [2.05, 4.69) is 6.92 Å². The Bertz CT molecular complexity index is 195. The van der Waals surface area contributed by atoms with Gasteiger partial charge in [0.15, 0.2) is 0 Å². The molecule has 1 aliphatic carbocycles. The highest BCUT2D eigenvalue weighted by Gasteiger charge is 2.49. The van der Waals surface area contributed by atoms with Crippen molar-refractivity contribution >= 4 is 0 Å². The Morgan fingerprint density at radius 1 is 1.57 bits per heavy atom. The Hall–Kier alpha value is -0.120. The van der Waals surface area contributed by atoms with Gasteiger partial charge in [0, 0.05) is 18.6 Å². The van der Waals surface area contributed by atoms with E-state index in [1.165, 1.54) is 0 Å². The summed E-state index contributed by atoms with van der Waals surface area (Å²) in [6, 6.07) is 0. The van der Waals surface area contributed by atoms with E-state index in [-0.39, 0.29) is 17.6 Å². The van der Waals surface area contributed by atoms with Crippen molar-refractivity contribution in [3.8, 4) is 0 Å². The quantitative estimate of drug-likeness (QED) is 0.710. The summed E-state index contributed by atoms with van der Waals surface area (Å²) < 4.78 is 5.53. The second kappa shape index (κ2) is 3.80. The third-order valence-corrected chi connectivity index (χ3v) is 3.86. The van der Waals surface area contributed by atoms with Crippen molar-refractivity contribution < 1.29 is 9.84 Å². The first-order chi connectivity index (χ1) is 6.68. The maximum Gasteiger partial charge on any atom is 0.0870 e. The van der Waals surface area contributed by atoms with E-state index < -0.39 is 0 Å². The molecule has 2 rings (SSSR count). The number of aliphatic hydroxyl groups excluding tert-OH is 1. The van der Waals surface area contributed by atoms with Gasteiger partial charge < -0.3 is 15.6 Å². The van der Waals surface area contributed by atoms with E-state index in [0.717, 1.165) is 38.2 Å². The summed E-state index contributed by atoms with van der Waals surface area (Å²) in [5.41, 5.74) is 5.75. The van der Waals surface area contributed by atoms with Gasteiger partial charge in [-0.3, -0.25) is 0 Å². The molecule has 0 radical (unpaired) electrons. The fraction of sp³-hybridized carbons (Fsp3) is 1.00. The molecule has 0 amide bonds. The van der Waals surface area contributed by atoms with Gasteiger partial charge in [0.25, 0.3) is 0 Å². The second-order valence-corrected chi connectivity index (χ2v) is 5.08. The van der Waals surface area contributed by atoms with Gasteiger partial charge in [-0.1, -0.05) is 6.92 Å². The molecule has 82 valence electrons. The van der Waals surface area contributed by atoms with Crippen molar-refractivity contribution in [2.75, 3.05) is 13.2 Å². The van der Waals surface area contributed by atoms with Crippen LogP contribution in [0.25, 0.3) is 0 Å². The molecule has 0 spiro atoms. The van der Waals surface area contributed by atoms with Crippen LogP contribution in [-0.4, -0.2) is 30.5 Å². The largest absolute Gasteiger partial charge is 0.390 e. The van der Waals surface area contributed by atoms with Gasteiger partial charge in [0.05, 0.1) is 12.2 Å². The van der Waals surface area contributed by atoms with Crippen molar-refractivity contribution in [3.05, 3.63) is 0 Å². The summed E-state index contributed by atoms with van der Waals surface area (Å²) in [6.45, 7) is 3.62. The van der Waals surface area contributed by atoms with Crippen LogP contribution in [0.15, 0.2) is 0 Å². The number of rotatable bonds is 3. The van der Waals surface area contributed by atoms with Crippen LogP contribution in [0.5, 0.6) is 0 Å². The Labute approximate surface area is 85.6 Å². The molecule has 2 unspecified atom stereocenters. The lowest BCUT2D eigenvalue weighted by molar-refractivity contribution is -0.120. The van der Waals surface area contributed by atoms with Crippen LogP contribution >= 0.6 is 0 Å². The number of aliphatic hydroxyl groups is 1. The molecule has 3 N–H and O–H groups in total. The van der Waals surface area contributed by atoms with Crippen LogP contribution in [0.4, 0.5) is 0 Å². The number of nitrogens with two attached hydrogens (primary N) is 1. The third-order valence-electron chi connectivity index (χ3n) is 3.86. The zero-order chi connectivity index (χ0) is 10.2. The number of ether oxygens (including phenoxy) is 1. The van der Waals surface area contributed by atoms with Gasteiger partial charge in [0.1, 0.15) is 0 Å². The summed E-state index contributed by atoms with van der Waals surface area (Å²) >= 11 is 0. The summed E-state index contributed by atoms with van der Waals surface area (Å²) in [7, 11) is 0. The molecule has 3 heteroatoms. The summed E-state index contributed by atoms with van der Waals surface area (Å²) in [5, 5.41) is 10.2. The molecule has 14 heavy (non-hydrogen) atoms. The first kappa shape index (κ1) is 10.4. The summed E-state index contributed by atoms with van der Waals surface area (Å²) in [6.07, 6.45) is 3.90. The first-order valence-corrected chi connectivity index (χ1v) is 5.68. The highest BCUT2D eigenvalue weighted by Crippen LogP contribution is 2.49. The monoisotopic (exact) mass is 199 g/mol. The fourth-order valence-corrected chi connectivity index (χ4v) is 3.10. The summed E-state index contributed by atoms with van der Waals surface area (Å²) in [5.74, 6) is 0.717. The van der Waals surface area contributed by atoms with Crippen LogP contribution in [0.2, 0.25) is 0 Å². The molecule has 0 aromatic carbocycles. The van der Waals surface area contributed by atoms with Crippen molar-refractivity contribution in [3.63, 3.8) is 0 Å². The van der Waals surface area contributed by atoms with Gasteiger partial charge in [-0.2, -0.15) is 0 Å². The first-order valence-electron chi connectivity index (χ1n) is 5.68. The molecule has 1 saturated carbocycles. The minimum atomic E-state index is -0.341. The Morgan fingerprint density at radius 2 is 2.29 bits per heavy atom. The van der Waals surface area contributed by atoms with Gasteiger partial charge in [-0.25, -0.2) is 0 Å². The molecular weight excluding hydrogens is 178 g/mol. The maximum absolute atomic E-state index is 10.2. The normalized spacial score (nSPS) is 44.8. The zero-order valence-electron chi connectivity index (χ0n) is 8.91. The molecule has 2 aliphatic rings. The van der Waals surface area contributed by atoms with E-state index in [1.807, 2.05) is 0 Å². The SMILES string of the molecule is CC1CC(CN)(C(O)C2CCCO2)C1. The lowest BCUT2D eigenvalue weighted by Gasteiger charge is -2.50. The van der Waals surface area contributed by atoms with E-state index in [9.17, 15) is 5.11 Å². The van der Waals surface area contributed by atoms with Crippen LogP contribution < -0.4 is 5.73 Å². The molecule has 1 aliphatic heterocycles. The Balaban J connectivity index is 1.97. The number of hydrogen-bond acceptors (Lipinski definition) is 3. The van der Waals surface area contributed by atoms with E-state index >= 15 is 0 Å². The summed E-state index contributed by atoms with van der Waals surface area (Å²) in [4.78, 5) is 0. The maximum atomic E-state index is 10.2. The molecule has 0 bridgehead atoms. The minimum absolute atomic E-state index is 0.0333. The van der Waals surface area contributed by atoms with Gasteiger partial charge in [-0.15, -0.1) is 0 Å². The van der Waals surface area contributed by atoms with E-state index in [0.29, 0.717) is 6.54 Å². The second-order valence-electron chi connectivity index (χ2n) is 5.08. The highest BCUT2D eigenvalue weighted by atomic mass is 16.5. The van der Waals surface area contributed by atoms with Crippen molar-refractivity contribution in [2.45, 2.75) is 44.8 Å². The van der Waals surface area contributed by atoms with Crippen molar-refractivity contribution in [2.24, 2.45) is 17.1 Å². The molecule has 0 aromatic rings. The van der Waals surface area contributed by atoms with Crippen LogP contribution in [0.1, 0.15) is 32.6 Å². The third kappa shape index (κ3) is 1.58. The predicted octanol–water partition coefficient (Wildman–Crippen LogP) is 0.901. The Morgan fingerprint density at radius 3 is 2.71 bits per heavy atom. The highest BCUT2D eigenvalue weighted by molar-refractivity contribution is 5.01. The lowest BCUT2D eigenvalue weighted by atomic mass is 9.58. The molecule has 0 aromatic heterocycles. The molecule has 1 saturated heterocycles. The van der Waals surface area contributed by atoms with Gasteiger partial charge in [0.2, 0.25) is 0 Å². The van der Waals surface area contributed by atoms with E-state index in [1.54, 1.807) is 0 Å². The lowest BCUT2D eigenvalue weighted by Crippen LogP contribution is -2.54. The Kier molecular flexibility index (Phi) is 2.82. The minimum Gasteiger partial charge on any atom is -0.390 e. The smallest absolute Gasteiger partial charge is 0.0870 e. The van der Waals surface area contributed by atoms with Crippen molar-refractivity contribution in [1.29, 1.82) is 0 Å². The van der Waals surface area contributed by atoms with Gasteiger partial charge in [-0.05, 0) is 31.6 Å². The van der Waals surface area contributed by atoms with Crippen LogP contribution in [0, 0.1) is 11.3 Å². The fourth-order valence-electron chi connectivity index (χ4n) is 3.10. The molecular formula is C11H21NO2. The van der Waals surface area contributed by atoms with Crippen molar-refractivity contribution in [1.82, 2.24) is 0 Å². The van der Waals surface area contributed by atoms with Crippen LogP contribution in [0.3, 0.4) is 0 Å².